The first kappa shape index (κ1) is 23.3. The number of halogens is 2. The van der Waals surface area contributed by atoms with Gasteiger partial charge in [0.25, 0.3) is 0 Å². The molecule has 34 heavy (non-hydrogen) atoms. The predicted molar refractivity (Wildman–Crippen MR) is 124 cm³/mol. The van der Waals surface area contributed by atoms with Crippen molar-refractivity contribution >= 4 is 17.0 Å². The van der Waals surface area contributed by atoms with Crippen LogP contribution >= 0.6 is 0 Å². The third kappa shape index (κ3) is 5.04. The molecule has 3 aromatic heterocycles. The lowest BCUT2D eigenvalue weighted by molar-refractivity contribution is 0.252. The van der Waals surface area contributed by atoms with Crippen molar-refractivity contribution in [3.8, 4) is 23.1 Å². The molecule has 0 bridgehead atoms. The number of benzene rings is 1. The molecule has 2 N–H and O–H groups in total. The minimum atomic E-state index is -0.511. The fraction of sp³-hybridized carbons (Fsp3) is 0.304. The van der Waals surface area contributed by atoms with Crippen LogP contribution in [-0.2, 0) is 6.54 Å². The van der Waals surface area contributed by atoms with E-state index in [1.54, 1.807) is 23.6 Å². The van der Waals surface area contributed by atoms with Crippen molar-refractivity contribution in [1.82, 2.24) is 29.4 Å². The van der Waals surface area contributed by atoms with E-state index in [1.165, 1.54) is 18.3 Å². The lowest BCUT2D eigenvalue weighted by Gasteiger charge is -2.14. The fourth-order valence-corrected chi connectivity index (χ4v) is 3.38. The molecule has 0 aliphatic carbocycles. The number of likely N-dealkylation sites (N-methyl/N-ethyl adjacent to an activating group) is 1. The number of anilines is 1. The Labute approximate surface area is 195 Å². The third-order valence-electron chi connectivity index (χ3n) is 4.97. The van der Waals surface area contributed by atoms with Gasteiger partial charge in [0.05, 0.1) is 19.3 Å². The van der Waals surface area contributed by atoms with E-state index in [2.05, 4.69) is 19.9 Å². The summed E-state index contributed by atoms with van der Waals surface area (Å²) in [6.07, 6.45) is 2.60. The molecule has 0 aliphatic heterocycles. The van der Waals surface area contributed by atoms with Crippen molar-refractivity contribution in [3.63, 3.8) is 0 Å². The molecule has 4 aromatic rings. The van der Waals surface area contributed by atoms with Crippen LogP contribution in [0, 0.1) is 11.6 Å². The number of fused-ring (bicyclic) bond motifs is 1. The smallest absolute Gasteiger partial charge is 0.320 e. The quantitative estimate of drug-likeness (QED) is 0.399. The van der Waals surface area contributed by atoms with Gasteiger partial charge in [0, 0.05) is 18.3 Å². The van der Waals surface area contributed by atoms with Gasteiger partial charge in [-0.1, -0.05) is 6.07 Å². The molecule has 0 aliphatic rings. The second kappa shape index (κ2) is 9.96. The summed E-state index contributed by atoms with van der Waals surface area (Å²) in [5.74, 6) is -0.316. The van der Waals surface area contributed by atoms with E-state index in [9.17, 15) is 8.78 Å². The Hall–Kier alpha value is -3.86. The van der Waals surface area contributed by atoms with Crippen LogP contribution in [0.2, 0.25) is 0 Å². The minimum absolute atomic E-state index is 0.101. The van der Waals surface area contributed by atoms with Gasteiger partial charge in [-0.15, -0.1) is 0 Å². The maximum Gasteiger partial charge on any atom is 0.320 e. The maximum atomic E-state index is 14.3. The molecule has 3 heterocycles. The van der Waals surface area contributed by atoms with E-state index < -0.39 is 11.6 Å². The predicted octanol–water partition coefficient (Wildman–Crippen LogP) is 3.14. The molecule has 0 fully saturated rings. The standard InChI is InChI=1S/C23H25F2N7O2/c1-4-33-23-29-20(26)19-22(30-23)32(21(28-19)15-10-16(24)12-27-11-15)13-14-5-6-17(25)18(9-14)34-8-7-31(2)3/h5-6,9-12H,4,7-8,13H2,1-3H3,(H2,26,29,30). The van der Waals surface area contributed by atoms with E-state index in [4.69, 9.17) is 15.2 Å². The number of nitrogen functional groups attached to an aromatic ring is 1. The summed E-state index contributed by atoms with van der Waals surface area (Å²) < 4.78 is 41.1. The van der Waals surface area contributed by atoms with E-state index in [-0.39, 0.29) is 24.1 Å². The van der Waals surface area contributed by atoms with Crippen LogP contribution in [-0.4, -0.2) is 63.3 Å². The molecule has 0 amide bonds. The monoisotopic (exact) mass is 469 g/mol. The summed E-state index contributed by atoms with van der Waals surface area (Å²) in [5.41, 5.74) is 8.02. The Morgan fingerprint density at radius 3 is 2.62 bits per heavy atom. The van der Waals surface area contributed by atoms with Gasteiger partial charge in [-0.3, -0.25) is 4.98 Å². The highest BCUT2D eigenvalue weighted by Gasteiger charge is 2.20. The van der Waals surface area contributed by atoms with Crippen molar-refractivity contribution in [1.29, 1.82) is 0 Å². The Kier molecular flexibility index (Phi) is 6.82. The third-order valence-corrected chi connectivity index (χ3v) is 4.97. The minimum Gasteiger partial charge on any atom is -0.489 e. The summed E-state index contributed by atoms with van der Waals surface area (Å²) in [7, 11) is 3.82. The summed E-state index contributed by atoms with van der Waals surface area (Å²) in [6, 6.07) is 6.03. The van der Waals surface area contributed by atoms with Gasteiger partial charge < -0.3 is 24.7 Å². The number of hydrogen-bond donors (Lipinski definition) is 1. The van der Waals surface area contributed by atoms with Gasteiger partial charge in [0.1, 0.15) is 18.2 Å². The van der Waals surface area contributed by atoms with E-state index >= 15 is 0 Å². The first-order valence-corrected chi connectivity index (χ1v) is 10.7. The van der Waals surface area contributed by atoms with Crippen LogP contribution in [0.5, 0.6) is 11.8 Å². The molecule has 178 valence electrons. The van der Waals surface area contributed by atoms with Gasteiger partial charge in [0.2, 0.25) is 0 Å². The van der Waals surface area contributed by atoms with Crippen LogP contribution in [0.1, 0.15) is 12.5 Å². The molecule has 0 unspecified atom stereocenters. The second-order valence-corrected chi connectivity index (χ2v) is 7.83. The van der Waals surface area contributed by atoms with Gasteiger partial charge in [-0.05, 0) is 44.8 Å². The lowest BCUT2D eigenvalue weighted by Crippen LogP contribution is -2.19. The SMILES string of the molecule is CCOc1nc(N)c2nc(-c3cncc(F)c3)n(Cc3ccc(F)c(OCCN(C)C)c3)c2n1. The average molecular weight is 469 g/mol. The summed E-state index contributed by atoms with van der Waals surface area (Å²) in [5, 5.41) is 0. The molecule has 4 rings (SSSR count). The molecule has 0 atom stereocenters. The topological polar surface area (TPSA) is 104 Å². The van der Waals surface area contributed by atoms with E-state index in [0.717, 1.165) is 11.8 Å². The summed E-state index contributed by atoms with van der Waals surface area (Å²) in [4.78, 5) is 19.0. The first-order chi connectivity index (χ1) is 16.4. The zero-order valence-electron chi connectivity index (χ0n) is 19.1. The van der Waals surface area contributed by atoms with Crippen LogP contribution < -0.4 is 15.2 Å². The lowest BCUT2D eigenvalue weighted by atomic mass is 10.2. The molecule has 0 radical (unpaired) electrons. The Bertz CT molecular complexity index is 1310. The number of imidazole rings is 1. The summed E-state index contributed by atoms with van der Waals surface area (Å²) in [6.45, 7) is 3.37. The number of ether oxygens (including phenoxy) is 2. The van der Waals surface area contributed by atoms with E-state index in [1.807, 2.05) is 19.0 Å². The van der Waals surface area contributed by atoms with Gasteiger partial charge in [-0.2, -0.15) is 9.97 Å². The molecule has 1 aromatic carbocycles. The van der Waals surface area contributed by atoms with E-state index in [0.29, 0.717) is 42.3 Å². The average Bonchev–Trinajstić information content (AvgIpc) is 3.15. The van der Waals surface area contributed by atoms with Crippen LogP contribution in [0.15, 0.2) is 36.7 Å². The van der Waals surface area contributed by atoms with Crippen molar-refractivity contribution in [3.05, 3.63) is 53.9 Å². The van der Waals surface area contributed by atoms with Crippen LogP contribution in [0.25, 0.3) is 22.6 Å². The van der Waals surface area contributed by atoms with Crippen molar-refractivity contribution in [2.45, 2.75) is 13.5 Å². The number of nitrogens with zero attached hydrogens (tertiary/aromatic N) is 6. The van der Waals surface area contributed by atoms with Crippen LogP contribution in [0.4, 0.5) is 14.6 Å². The van der Waals surface area contributed by atoms with Gasteiger partial charge in [-0.25, -0.2) is 13.8 Å². The molecule has 0 spiro atoms. The molecule has 11 heteroatoms. The highest BCUT2D eigenvalue weighted by molar-refractivity contribution is 5.85. The molecule has 0 saturated carbocycles. The second-order valence-electron chi connectivity index (χ2n) is 7.83. The Morgan fingerprint density at radius 2 is 1.88 bits per heavy atom. The number of aromatic nitrogens is 5. The normalized spacial score (nSPS) is 11.4. The molecular formula is C23H25F2N7O2. The first-order valence-electron chi connectivity index (χ1n) is 10.7. The van der Waals surface area contributed by atoms with Crippen molar-refractivity contribution in [2.75, 3.05) is 39.6 Å². The highest BCUT2D eigenvalue weighted by Crippen LogP contribution is 2.29. The number of rotatable bonds is 9. The Balaban J connectivity index is 1.79. The van der Waals surface area contributed by atoms with Crippen LogP contribution in [0.3, 0.4) is 0 Å². The number of nitrogens with two attached hydrogens (primary N) is 1. The molecule has 9 nitrogen and oxygen atoms in total. The molecule has 0 saturated heterocycles. The highest BCUT2D eigenvalue weighted by atomic mass is 19.1. The summed E-state index contributed by atoms with van der Waals surface area (Å²) >= 11 is 0. The van der Waals surface area contributed by atoms with Crippen molar-refractivity contribution < 1.29 is 18.3 Å². The maximum absolute atomic E-state index is 14.3. The fourth-order valence-electron chi connectivity index (χ4n) is 3.38. The Morgan fingerprint density at radius 1 is 1.06 bits per heavy atom. The van der Waals surface area contributed by atoms with Crippen molar-refractivity contribution in [2.24, 2.45) is 0 Å². The number of pyridine rings is 1. The van der Waals surface area contributed by atoms with Gasteiger partial charge >= 0.3 is 6.01 Å². The zero-order valence-corrected chi connectivity index (χ0v) is 19.1. The number of hydrogen-bond acceptors (Lipinski definition) is 8. The van der Waals surface area contributed by atoms with Gasteiger partial charge in [0.15, 0.2) is 28.5 Å². The molecular weight excluding hydrogens is 444 g/mol. The zero-order chi connectivity index (χ0) is 24.2. The largest absolute Gasteiger partial charge is 0.489 e.